The molecule has 1 aliphatic rings. The first-order valence-electron chi connectivity index (χ1n) is 7.70. The number of nitrogens with zero attached hydrogens (tertiary/aromatic N) is 2. The topological polar surface area (TPSA) is 64.0 Å². The van der Waals surface area contributed by atoms with Gasteiger partial charge in [-0.05, 0) is 36.4 Å². The maximum absolute atomic E-state index is 12.6. The van der Waals surface area contributed by atoms with Crippen molar-refractivity contribution >= 4 is 34.1 Å². The summed E-state index contributed by atoms with van der Waals surface area (Å²) >= 11 is 5.88. The van der Waals surface area contributed by atoms with Gasteiger partial charge in [-0.15, -0.1) is 0 Å². The third-order valence-corrected chi connectivity index (χ3v) is 5.47. The molecular formula is C18H14ClN3O2S. The normalized spacial score (nSPS) is 15.8. The van der Waals surface area contributed by atoms with Crippen LogP contribution in [0.1, 0.15) is 21.6 Å². The molecular weight excluding hydrogens is 358 g/mol. The van der Waals surface area contributed by atoms with E-state index >= 15 is 0 Å². The predicted octanol–water partition coefficient (Wildman–Crippen LogP) is 3.54. The van der Waals surface area contributed by atoms with Crippen LogP contribution in [0.2, 0.25) is 5.02 Å². The van der Waals surface area contributed by atoms with Gasteiger partial charge in [0, 0.05) is 26.9 Å². The molecule has 4 rings (SSSR count). The van der Waals surface area contributed by atoms with E-state index in [4.69, 9.17) is 11.6 Å². The Bertz CT molecular complexity index is 968. The average Bonchev–Trinajstić information content (AvgIpc) is 3.13. The van der Waals surface area contributed by atoms with Crippen molar-refractivity contribution < 1.29 is 9.00 Å². The average molecular weight is 372 g/mol. The van der Waals surface area contributed by atoms with Crippen molar-refractivity contribution in [1.29, 1.82) is 0 Å². The molecule has 2 heterocycles. The third kappa shape index (κ3) is 3.10. The van der Waals surface area contributed by atoms with Crippen molar-refractivity contribution in [1.82, 2.24) is 9.78 Å². The Hall–Kier alpha value is -2.44. The van der Waals surface area contributed by atoms with Crippen LogP contribution in [0.3, 0.4) is 0 Å². The number of fused-ring (bicyclic) bond motifs is 1. The first kappa shape index (κ1) is 16.1. The lowest BCUT2D eigenvalue weighted by Crippen LogP contribution is -2.16. The highest BCUT2D eigenvalue weighted by Gasteiger charge is 2.28. The number of rotatable bonds is 3. The summed E-state index contributed by atoms with van der Waals surface area (Å²) in [5.41, 5.74) is 2.95. The van der Waals surface area contributed by atoms with Gasteiger partial charge in [0.25, 0.3) is 5.91 Å². The molecule has 5 nitrogen and oxygen atoms in total. The highest BCUT2D eigenvalue weighted by atomic mass is 35.5. The fourth-order valence-corrected chi connectivity index (χ4v) is 4.18. The number of nitrogens with one attached hydrogen (secondary N) is 1. The quantitative estimate of drug-likeness (QED) is 0.765. The number of hydrogen-bond donors (Lipinski definition) is 1. The smallest absolute Gasteiger partial charge is 0.256 e. The summed E-state index contributed by atoms with van der Waals surface area (Å²) < 4.78 is 13.6. The molecule has 126 valence electrons. The number of anilines is 1. The van der Waals surface area contributed by atoms with Crippen molar-refractivity contribution in [3.8, 4) is 5.69 Å². The van der Waals surface area contributed by atoms with Crippen LogP contribution >= 0.6 is 11.6 Å². The Balaban J connectivity index is 1.74. The van der Waals surface area contributed by atoms with Crippen LogP contribution in [0.15, 0.2) is 54.6 Å². The summed E-state index contributed by atoms with van der Waals surface area (Å²) in [6.07, 6.45) is 0. The van der Waals surface area contributed by atoms with Crippen molar-refractivity contribution in [2.24, 2.45) is 0 Å². The monoisotopic (exact) mass is 371 g/mol. The van der Waals surface area contributed by atoms with Crippen LogP contribution in [0, 0.1) is 0 Å². The van der Waals surface area contributed by atoms with Gasteiger partial charge < -0.3 is 5.32 Å². The second kappa shape index (κ2) is 6.46. The van der Waals surface area contributed by atoms with Crippen molar-refractivity contribution in [3.05, 3.63) is 76.4 Å². The van der Waals surface area contributed by atoms with Gasteiger partial charge in [-0.3, -0.25) is 9.00 Å². The fourth-order valence-electron chi connectivity index (χ4n) is 2.79. The van der Waals surface area contributed by atoms with Crippen LogP contribution < -0.4 is 5.32 Å². The minimum Gasteiger partial charge on any atom is -0.306 e. The number of halogens is 1. The van der Waals surface area contributed by atoms with E-state index in [0.717, 1.165) is 16.9 Å². The molecule has 2 aromatic carbocycles. The second-order valence-electron chi connectivity index (χ2n) is 5.71. The Labute approximate surface area is 152 Å². The third-order valence-electron chi connectivity index (χ3n) is 4.01. The largest absolute Gasteiger partial charge is 0.306 e. The molecule has 3 aromatic rings. The summed E-state index contributed by atoms with van der Waals surface area (Å²) in [6, 6.07) is 16.2. The lowest BCUT2D eigenvalue weighted by Gasteiger charge is -2.11. The molecule has 1 unspecified atom stereocenters. The Morgan fingerprint density at radius 1 is 1.08 bits per heavy atom. The number of aromatic nitrogens is 2. The Morgan fingerprint density at radius 3 is 2.52 bits per heavy atom. The van der Waals surface area contributed by atoms with E-state index in [1.807, 2.05) is 30.3 Å². The zero-order valence-electron chi connectivity index (χ0n) is 13.1. The predicted molar refractivity (Wildman–Crippen MR) is 98.5 cm³/mol. The number of carbonyl (C=O) groups excluding carboxylic acids is 1. The molecule has 0 spiro atoms. The maximum Gasteiger partial charge on any atom is 0.256 e. The minimum absolute atomic E-state index is 0.255. The molecule has 0 saturated heterocycles. The highest BCUT2D eigenvalue weighted by Crippen LogP contribution is 2.31. The standard InChI is InChI=1S/C18H14ClN3O2S/c19-13-8-6-12(7-9-13)18(23)20-17-15-10-25(24)11-16(15)21-22(17)14-4-2-1-3-5-14/h1-9H,10-11H2,(H,20,23). The van der Waals surface area contributed by atoms with Gasteiger partial charge in [-0.2, -0.15) is 5.10 Å². The number of benzene rings is 2. The molecule has 25 heavy (non-hydrogen) atoms. The lowest BCUT2D eigenvalue weighted by molar-refractivity contribution is 0.102. The van der Waals surface area contributed by atoms with Crippen LogP contribution in [-0.4, -0.2) is 19.9 Å². The molecule has 7 heteroatoms. The number of amides is 1. The summed E-state index contributed by atoms with van der Waals surface area (Å²) in [7, 11) is -0.970. The Morgan fingerprint density at radius 2 is 1.80 bits per heavy atom. The molecule has 1 amide bonds. The van der Waals surface area contributed by atoms with E-state index in [9.17, 15) is 9.00 Å². The minimum atomic E-state index is -0.970. The first-order chi connectivity index (χ1) is 12.1. The van der Waals surface area contributed by atoms with Gasteiger partial charge >= 0.3 is 0 Å². The van der Waals surface area contributed by atoms with E-state index in [-0.39, 0.29) is 5.91 Å². The first-order valence-corrected chi connectivity index (χ1v) is 9.56. The van der Waals surface area contributed by atoms with Gasteiger partial charge in [0.15, 0.2) is 0 Å². The number of hydrogen-bond acceptors (Lipinski definition) is 3. The van der Waals surface area contributed by atoms with Gasteiger partial charge in [0.05, 0.1) is 22.9 Å². The van der Waals surface area contributed by atoms with Crippen LogP contribution in [0.5, 0.6) is 0 Å². The van der Waals surface area contributed by atoms with E-state index in [1.165, 1.54) is 0 Å². The summed E-state index contributed by atoms with van der Waals surface area (Å²) in [6.45, 7) is 0. The van der Waals surface area contributed by atoms with E-state index in [1.54, 1.807) is 28.9 Å². The number of para-hydroxylation sites is 1. The van der Waals surface area contributed by atoms with E-state index in [2.05, 4.69) is 10.4 Å². The van der Waals surface area contributed by atoms with Crippen LogP contribution in [0.4, 0.5) is 5.82 Å². The van der Waals surface area contributed by atoms with Crippen molar-refractivity contribution in [2.45, 2.75) is 11.5 Å². The summed E-state index contributed by atoms with van der Waals surface area (Å²) in [5, 5.41) is 8.06. The van der Waals surface area contributed by atoms with Gasteiger partial charge in [0.1, 0.15) is 5.82 Å². The molecule has 1 N–H and O–H groups in total. The fraction of sp³-hybridized carbons (Fsp3) is 0.111. The molecule has 0 fully saturated rings. The molecule has 1 atom stereocenters. The molecule has 1 aromatic heterocycles. The van der Waals surface area contributed by atoms with Crippen LogP contribution in [-0.2, 0) is 22.3 Å². The summed E-state index contributed by atoms with van der Waals surface area (Å²) in [5.74, 6) is 1.14. The van der Waals surface area contributed by atoms with E-state index < -0.39 is 10.8 Å². The summed E-state index contributed by atoms with van der Waals surface area (Å²) in [4.78, 5) is 12.6. The second-order valence-corrected chi connectivity index (χ2v) is 7.60. The molecule has 0 saturated carbocycles. The van der Waals surface area contributed by atoms with Gasteiger partial charge in [-0.1, -0.05) is 29.8 Å². The van der Waals surface area contributed by atoms with Crippen LogP contribution in [0.25, 0.3) is 5.69 Å². The molecule has 0 radical (unpaired) electrons. The zero-order chi connectivity index (χ0) is 17.4. The Kier molecular flexibility index (Phi) is 4.15. The molecule has 0 aliphatic carbocycles. The zero-order valence-corrected chi connectivity index (χ0v) is 14.7. The maximum atomic E-state index is 12.6. The van der Waals surface area contributed by atoms with Crippen molar-refractivity contribution in [3.63, 3.8) is 0 Å². The lowest BCUT2D eigenvalue weighted by atomic mass is 10.2. The van der Waals surface area contributed by atoms with Crippen molar-refractivity contribution in [2.75, 3.05) is 5.32 Å². The molecule has 1 aliphatic heterocycles. The highest BCUT2D eigenvalue weighted by molar-refractivity contribution is 7.83. The van der Waals surface area contributed by atoms with Gasteiger partial charge in [0.2, 0.25) is 0 Å². The van der Waals surface area contributed by atoms with E-state index in [0.29, 0.717) is 27.9 Å². The molecule has 0 bridgehead atoms. The SMILES string of the molecule is O=C(Nc1c2c(nn1-c1ccccc1)CS(=O)C2)c1ccc(Cl)cc1. The van der Waals surface area contributed by atoms with Gasteiger partial charge in [-0.25, -0.2) is 4.68 Å². The number of carbonyl (C=O) groups is 1.